The number of amides is 2. The van der Waals surface area contributed by atoms with Gasteiger partial charge in [0.15, 0.2) is 0 Å². The smallest absolute Gasteiger partial charge is 0.264 e. The van der Waals surface area contributed by atoms with E-state index in [2.05, 4.69) is 21.2 Å². The van der Waals surface area contributed by atoms with E-state index < -0.39 is 28.5 Å². The largest absolute Gasteiger partial charge is 0.495 e. The molecule has 0 aliphatic carbocycles. The number of nitrogens with one attached hydrogen (secondary N) is 1. The fourth-order valence-electron chi connectivity index (χ4n) is 3.81. The standard InChI is InChI=1S/C27H30BrN3O5S/c1-19-10-15-25(36-4)24(16-19)31(37(34,35)23-8-6-5-7-9-23)18-26(32)30(20(2)27(33)29-3)17-21-11-13-22(28)14-12-21/h5-16,20H,17-18H2,1-4H3,(H,29,33)/t20-/m1/s1. The molecule has 0 spiro atoms. The number of carbonyl (C=O) groups is 2. The molecule has 2 amide bonds. The van der Waals surface area contributed by atoms with Crippen LogP contribution < -0.4 is 14.4 Å². The number of aryl methyl sites for hydroxylation is 1. The third-order valence-electron chi connectivity index (χ3n) is 5.89. The van der Waals surface area contributed by atoms with Crippen molar-refractivity contribution in [2.45, 2.75) is 31.3 Å². The molecule has 0 saturated heterocycles. The van der Waals surface area contributed by atoms with Gasteiger partial charge in [0.05, 0.1) is 17.7 Å². The number of carbonyl (C=O) groups excluding carboxylic acids is 2. The number of nitrogens with zero attached hydrogens (tertiary/aromatic N) is 2. The van der Waals surface area contributed by atoms with Crippen molar-refractivity contribution in [2.75, 3.05) is 25.0 Å². The second kappa shape index (κ2) is 12.2. The van der Waals surface area contributed by atoms with Gasteiger partial charge in [0.1, 0.15) is 18.3 Å². The summed E-state index contributed by atoms with van der Waals surface area (Å²) in [5.74, 6) is -0.602. The maximum absolute atomic E-state index is 13.8. The Kier molecular flexibility index (Phi) is 9.34. The maximum atomic E-state index is 13.8. The summed E-state index contributed by atoms with van der Waals surface area (Å²) in [6.45, 7) is 3.02. The number of likely N-dealkylation sites (N-methyl/N-ethyl adjacent to an activating group) is 1. The van der Waals surface area contributed by atoms with Gasteiger partial charge in [-0.05, 0) is 61.4 Å². The molecule has 196 valence electrons. The van der Waals surface area contributed by atoms with Crippen molar-refractivity contribution in [3.8, 4) is 5.75 Å². The van der Waals surface area contributed by atoms with Crippen molar-refractivity contribution >= 4 is 43.5 Å². The van der Waals surface area contributed by atoms with Gasteiger partial charge in [0, 0.05) is 18.1 Å². The fraction of sp³-hybridized carbons (Fsp3) is 0.259. The molecule has 0 aliphatic heterocycles. The van der Waals surface area contributed by atoms with E-state index in [9.17, 15) is 18.0 Å². The van der Waals surface area contributed by atoms with Crippen molar-refractivity contribution in [3.05, 3.63) is 88.4 Å². The zero-order chi connectivity index (χ0) is 27.2. The molecule has 0 bridgehead atoms. The molecular weight excluding hydrogens is 558 g/mol. The summed E-state index contributed by atoms with van der Waals surface area (Å²) in [7, 11) is -1.23. The first-order valence-electron chi connectivity index (χ1n) is 11.6. The van der Waals surface area contributed by atoms with E-state index in [-0.39, 0.29) is 23.0 Å². The first kappa shape index (κ1) is 28.2. The summed E-state index contributed by atoms with van der Waals surface area (Å²) in [6.07, 6.45) is 0. The Labute approximate surface area is 226 Å². The van der Waals surface area contributed by atoms with Crippen molar-refractivity contribution in [3.63, 3.8) is 0 Å². The van der Waals surface area contributed by atoms with Crippen molar-refractivity contribution in [2.24, 2.45) is 0 Å². The molecule has 0 radical (unpaired) electrons. The van der Waals surface area contributed by atoms with Crippen LogP contribution in [0.25, 0.3) is 0 Å². The predicted molar refractivity (Wildman–Crippen MR) is 147 cm³/mol. The van der Waals surface area contributed by atoms with Crippen LogP contribution in [-0.4, -0.2) is 51.9 Å². The third-order valence-corrected chi connectivity index (χ3v) is 8.20. The lowest BCUT2D eigenvalue weighted by Gasteiger charge is -2.32. The normalized spacial score (nSPS) is 11.9. The van der Waals surface area contributed by atoms with Crippen LogP contribution in [0, 0.1) is 6.92 Å². The van der Waals surface area contributed by atoms with E-state index in [1.165, 1.54) is 31.2 Å². The average Bonchev–Trinajstić information content (AvgIpc) is 2.90. The van der Waals surface area contributed by atoms with E-state index in [4.69, 9.17) is 4.74 Å². The van der Waals surface area contributed by atoms with Crippen LogP contribution in [0.4, 0.5) is 5.69 Å². The predicted octanol–water partition coefficient (Wildman–Crippen LogP) is 4.12. The van der Waals surface area contributed by atoms with Gasteiger partial charge in [-0.1, -0.05) is 52.3 Å². The van der Waals surface area contributed by atoms with E-state index in [0.29, 0.717) is 5.75 Å². The van der Waals surface area contributed by atoms with Gasteiger partial charge in [-0.3, -0.25) is 13.9 Å². The van der Waals surface area contributed by atoms with Crippen LogP contribution in [0.2, 0.25) is 0 Å². The van der Waals surface area contributed by atoms with Crippen LogP contribution in [0.15, 0.2) is 82.2 Å². The number of halogens is 1. The first-order chi connectivity index (χ1) is 17.6. The second-order valence-corrected chi connectivity index (χ2v) is 11.2. The quantitative estimate of drug-likeness (QED) is 0.385. The Hall–Kier alpha value is -3.37. The van der Waals surface area contributed by atoms with E-state index >= 15 is 0 Å². The number of hydrogen-bond donors (Lipinski definition) is 1. The Bertz CT molecular complexity index is 1350. The molecule has 10 heteroatoms. The lowest BCUT2D eigenvalue weighted by molar-refractivity contribution is -0.139. The molecule has 3 aromatic carbocycles. The lowest BCUT2D eigenvalue weighted by Crippen LogP contribution is -2.50. The molecule has 37 heavy (non-hydrogen) atoms. The van der Waals surface area contributed by atoms with Gasteiger partial charge in [-0.25, -0.2) is 8.42 Å². The minimum Gasteiger partial charge on any atom is -0.495 e. The molecule has 1 N–H and O–H groups in total. The highest BCUT2D eigenvalue weighted by Gasteiger charge is 2.33. The van der Waals surface area contributed by atoms with Crippen LogP contribution in [0.5, 0.6) is 5.75 Å². The topological polar surface area (TPSA) is 96.0 Å². The highest BCUT2D eigenvalue weighted by Crippen LogP contribution is 2.33. The highest BCUT2D eigenvalue weighted by molar-refractivity contribution is 9.10. The Morgan fingerprint density at radius 1 is 1.03 bits per heavy atom. The number of rotatable bonds is 10. The first-order valence-corrected chi connectivity index (χ1v) is 13.8. The second-order valence-electron chi connectivity index (χ2n) is 8.44. The summed E-state index contributed by atoms with van der Waals surface area (Å²) >= 11 is 3.40. The van der Waals surface area contributed by atoms with Crippen LogP contribution >= 0.6 is 15.9 Å². The Morgan fingerprint density at radius 2 is 1.68 bits per heavy atom. The number of hydrogen-bond acceptors (Lipinski definition) is 5. The van der Waals surface area contributed by atoms with Gasteiger partial charge in [0.25, 0.3) is 10.0 Å². The number of methoxy groups -OCH3 is 1. The Balaban J connectivity index is 2.09. The maximum Gasteiger partial charge on any atom is 0.264 e. The lowest BCUT2D eigenvalue weighted by atomic mass is 10.1. The number of sulfonamides is 1. The number of anilines is 1. The number of ether oxygens (including phenoxy) is 1. The minimum absolute atomic E-state index is 0.0326. The van der Waals surface area contributed by atoms with Crippen LogP contribution in [0.1, 0.15) is 18.1 Å². The zero-order valence-electron chi connectivity index (χ0n) is 21.1. The monoisotopic (exact) mass is 587 g/mol. The van der Waals surface area contributed by atoms with E-state index in [0.717, 1.165) is 19.9 Å². The van der Waals surface area contributed by atoms with E-state index in [1.54, 1.807) is 43.3 Å². The molecule has 8 nitrogen and oxygen atoms in total. The van der Waals surface area contributed by atoms with Gasteiger partial charge < -0.3 is 15.0 Å². The van der Waals surface area contributed by atoms with Gasteiger partial charge in [-0.2, -0.15) is 0 Å². The van der Waals surface area contributed by atoms with Crippen LogP contribution in [0.3, 0.4) is 0 Å². The zero-order valence-corrected chi connectivity index (χ0v) is 23.5. The summed E-state index contributed by atoms with van der Waals surface area (Å²) in [6, 6.07) is 19.5. The fourth-order valence-corrected chi connectivity index (χ4v) is 5.51. The van der Waals surface area contributed by atoms with Crippen molar-refractivity contribution in [1.82, 2.24) is 10.2 Å². The molecule has 0 unspecified atom stereocenters. The summed E-state index contributed by atoms with van der Waals surface area (Å²) in [4.78, 5) is 27.8. The summed E-state index contributed by atoms with van der Waals surface area (Å²) in [5, 5.41) is 2.57. The van der Waals surface area contributed by atoms with Crippen molar-refractivity contribution < 1.29 is 22.7 Å². The molecule has 0 aromatic heterocycles. The Morgan fingerprint density at radius 3 is 2.27 bits per heavy atom. The molecule has 1 atom stereocenters. The van der Waals surface area contributed by atoms with E-state index in [1.807, 2.05) is 31.2 Å². The van der Waals surface area contributed by atoms with Gasteiger partial charge in [0.2, 0.25) is 11.8 Å². The van der Waals surface area contributed by atoms with Crippen molar-refractivity contribution in [1.29, 1.82) is 0 Å². The molecule has 0 fully saturated rings. The third kappa shape index (κ3) is 6.69. The minimum atomic E-state index is -4.16. The molecule has 0 aliphatic rings. The molecule has 0 heterocycles. The average molecular weight is 589 g/mol. The molecule has 0 saturated carbocycles. The van der Waals surface area contributed by atoms with Gasteiger partial charge in [-0.15, -0.1) is 0 Å². The van der Waals surface area contributed by atoms with Crippen LogP contribution in [-0.2, 0) is 26.2 Å². The highest BCUT2D eigenvalue weighted by atomic mass is 79.9. The number of benzene rings is 3. The molecular formula is C27H30BrN3O5S. The summed E-state index contributed by atoms with van der Waals surface area (Å²) < 4.78 is 35.1. The van der Waals surface area contributed by atoms with Gasteiger partial charge >= 0.3 is 0 Å². The molecule has 3 aromatic rings. The SMILES string of the molecule is CNC(=O)[C@@H](C)N(Cc1ccc(Br)cc1)C(=O)CN(c1cc(C)ccc1OC)S(=O)(=O)c1ccccc1. The molecule has 3 rings (SSSR count). The summed E-state index contributed by atoms with van der Waals surface area (Å²) in [5.41, 5.74) is 1.82.